The first-order chi connectivity index (χ1) is 15.8. The number of carboxylic acids is 1. The molecule has 1 aliphatic heterocycles. The van der Waals surface area contributed by atoms with E-state index < -0.39 is 29.4 Å². The molecular weight excluding hydrogens is 464 g/mol. The third-order valence-electron chi connectivity index (χ3n) is 5.19. The Morgan fingerprint density at radius 1 is 1.18 bits per heavy atom. The maximum atomic E-state index is 13.0. The number of nitrogens with zero attached hydrogens (tertiary/aromatic N) is 3. The number of likely N-dealkylation sites (tertiary alicyclic amines) is 1. The van der Waals surface area contributed by atoms with Crippen molar-refractivity contribution in [3.05, 3.63) is 57.5 Å². The van der Waals surface area contributed by atoms with Crippen molar-refractivity contribution in [3.8, 4) is 5.75 Å². The van der Waals surface area contributed by atoms with E-state index in [1.165, 1.54) is 16.7 Å². The fourth-order valence-corrected chi connectivity index (χ4v) is 3.33. The van der Waals surface area contributed by atoms with Gasteiger partial charge in [-0.3, -0.25) is 19.1 Å². The molecule has 186 valence electrons. The highest BCUT2D eigenvalue weighted by atomic mass is 19.4. The number of carboxylic acid groups (broad SMARTS) is 1. The van der Waals surface area contributed by atoms with Gasteiger partial charge >= 0.3 is 12.1 Å². The zero-order valence-electron chi connectivity index (χ0n) is 18.4. The third kappa shape index (κ3) is 6.76. The summed E-state index contributed by atoms with van der Waals surface area (Å²) in [6.45, 7) is 1.02. The average Bonchev–Trinajstić information content (AvgIpc) is 2.77. The molecule has 1 aromatic heterocycles. The van der Waals surface area contributed by atoms with E-state index in [4.69, 9.17) is 9.90 Å². The number of aliphatic carboxylic acids is 1. The summed E-state index contributed by atoms with van der Waals surface area (Å²) in [7, 11) is 3.50. The summed E-state index contributed by atoms with van der Waals surface area (Å²) < 4.78 is 46.0. The highest BCUT2D eigenvalue weighted by Gasteiger charge is 2.38. The number of benzene rings is 1. The summed E-state index contributed by atoms with van der Waals surface area (Å²) in [4.78, 5) is 40.3. The van der Waals surface area contributed by atoms with Gasteiger partial charge in [-0.05, 0) is 44.1 Å². The SMILES string of the molecule is CN1CCCCC1c1nc(C(=O)NCc2ccc(F)cc2)c(O)c(=O)n1C.O=C(O)C(F)(F)F. The number of nitrogens with one attached hydrogen (secondary N) is 1. The van der Waals surface area contributed by atoms with Crippen molar-refractivity contribution < 1.29 is 37.4 Å². The minimum Gasteiger partial charge on any atom is -0.501 e. The van der Waals surface area contributed by atoms with Crippen molar-refractivity contribution in [2.75, 3.05) is 13.6 Å². The number of amides is 1. The molecule has 3 N–H and O–H groups in total. The fourth-order valence-electron chi connectivity index (χ4n) is 3.33. The van der Waals surface area contributed by atoms with Crippen molar-refractivity contribution in [2.45, 2.75) is 38.0 Å². The lowest BCUT2D eigenvalue weighted by Gasteiger charge is -2.32. The normalized spacial score (nSPS) is 16.4. The Bertz CT molecular complexity index is 1090. The number of alkyl halides is 3. The quantitative estimate of drug-likeness (QED) is 0.565. The molecule has 1 saturated heterocycles. The molecule has 34 heavy (non-hydrogen) atoms. The number of hydrogen-bond acceptors (Lipinski definition) is 6. The maximum Gasteiger partial charge on any atom is 0.490 e. The predicted molar refractivity (Wildman–Crippen MR) is 112 cm³/mol. The van der Waals surface area contributed by atoms with Crippen molar-refractivity contribution in [2.24, 2.45) is 7.05 Å². The van der Waals surface area contributed by atoms with E-state index in [2.05, 4.69) is 15.2 Å². The Labute approximate surface area is 191 Å². The van der Waals surface area contributed by atoms with E-state index in [9.17, 15) is 32.3 Å². The van der Waals surface area contributed by atoms with Crippen LogP contribution in [0.4, 0.5) is 17.6 Å². The average molecular weight is 488 g/mol. The van der Waals surface area contributed by atoms with Gasteiger partial charge in [0.05, 0.1) is 6.04 Å². The highest BCUT2D eigenvalue weighted by Crippen LogP contribution is 2.28. The summed E-state index contributed by atoms with van der Waals surface area (Å²) >= 11 is 0. The zero-order valence-corrected chi connectivity index (χ0v) is 18.4. The smallest absolute Gasteiger partial charge is 0.490 e. The van der Waals surface area contributed by atoms with Gasteiger partial charge in [0.25, 0.3) is 11.5 Å². The molecule has 0 bridgehead atoms. The summed E-state index contributed by atoms with van der Waals surface area (Å²) in [6, 6.07) is 5.62. The molecule has 3 rings (SSSR count). The number of carbonyl (C=O) groups excluding carboxylic acids is 1. The van der Waals surface area contributed by atoms with E-state index in [-0.39, 0.29) is 24.1 Å². The highest BCUT2D eigenvalue weighted by molar-refractivity contribution is 5.94. The number of piperidine rings is 1. The van der Waals surface area contributed by atoms with Gasteiger partial charge in [0.2, 0.25) is 5.75 Å². The molecule has 1 unspecified atom stereocenters. The fraction of sp³-hybridized carbons (Fsp3) is 0.429. The third-order valence-corrected chi connectivity index (χ3v) is 5.19. The minimum absolute atomic E-state index is 0.0827. The van der Waals surface area contributed by atoms with Crippen LogP contribution in [0.2, 0.25) is 0 Å². The van der Waals surface area contributed by atoms with E-state index in [1.807, 2.05) is 7.05 Å². The van der Waals surface area contributed by atoms with Crippen molar-refractivity contribution in [1.82, 2.24) is 19.8 Å². The van der Waals surface area contributed by atoms with Crippen LogP contribution in [-0.2, 0) is 18.4 Å². The van der Waals surface area contributed by atoms with Gasteiger partial charge in [0.15, 0.2) is 5.69 Å². The number of aromatic hydroxyl groups is 1. The van der Waals surface area contributed by atoms with Gasteiger partial charge in [-0.15, -0.1) is 0 Å². The number of aromatic nitrogens is 2. The van der Waals surface area contributed by atoms with Crippen LogP contribution in [0, 0.1) is 5.82 Å². The predicted octanol–water partition coefficient (Wildman–Crippen LogP) is 2.35. The van der Waals surface area contributed by atoms with Crippen molar-refractivity contribution in [3.63, 3.8) is 0 Å². The molecule has 0 radical (unpaired) electrons. The first kappa shape index (κ1) is 26.8. The number of rotatable bonds is 4. The van der Waals surface area contributed by atoms with E-state index >= 15 is 0 Å². The lowest BCUT2D eigenvalue weighted by molar-refractivity contribution is -0.192. The molecule has 2 aromatic rings. The molecule has 2 heterocycles. The van der Waals surface area contributed by atoms with Gasteiger partial charge in [-0.25, -0.2) is 14.2 Å². The Kier molecular flexibility index (Phi) is 8.74. The summed E-state index contributed by atoms with van der Waals surface area (Å²) in [5, 5.41) is 19.9. The standard InChI is InChI=1S/C19H23FN4O3.C2HF3O2/c1-23-10-4-3-5-14(23)17-22-15(16(25)19(27)24(17)2)18(26)21-11-12-6-8-13(20)9-7-12;3-2(4,5)1(6)7/h6-9,14,25H,3-5,10-11H2,1-2H3,(H,21,26);(H,6,7). The van der Waals surface area contributed by atoms with Gasteiger partial charge in [0.1, 0.15) is 11.6 Å². The number of carbonyl (C=O) groups is 2. The molecule has 1 aliphatic rings. The van der Waals surface area contributed by atoms with Gasteiger partial charge in [-0.2, -0.15) is 13.2 Å². The van der Waals surface area contributed by atoms with Crippen LogP contribution in [-0.4, -0.2) is 56.3 Å². The van der Waals surface area contributed by atoms with Gasteiger partial charge in [0, 0.05) is 13.6 Å². The molecule has 0 saturated carbocycles. The van der Waals surface area contributed by atoms with E-state index in [0.717, 1.165) is 25.8 Å². The summed E-state index contributed by atoms with van der Waals surface area (Å²) in [5.41, 5.74) is -0.236. The van der Waals surface area contributed by atoms with Crippen LogP contribution in [0.5, 0.6) is 5.75 Å². The Morgan fingerprint density at radius 2 is 1.76 bits per heavy atom. The molecule has 1 fully saturated rings. The Morgan fingerprint density at radius 3 is 2.29 bits per heavy atom. The second-order valence-corrected chi connectivity index (χ2v) is 7.64. The maximum absolute atomic E-state index is 13.0. The largest absolute Gasteiger partial charge is 0.501 e. The minimum atomic E-state index is -5.08. The van der Waals surface area contributed by atoms with Crippen LogP contribution in [0.3, 0.4) is 0 Å². The monoisotopic (exact) mass is 488 g/mol. The van der Waals surface area contributed by atoms with E-state index in [0.29, 0.717) is 11.4 Å². The van der Waals surface area contributed by atoms with Crippen molar-refractivity contribution in [1.29, 1.82) is 0 Å². The van der Waals surface area contributed by atoms with Gasteiger partial charge in [-0.1, -0.05) is 18.6 Å². The lowest BCUT2D eigenvalue weighted by Crippen LogP contribution is -2.36. The van der Waals surface area contributed by atoms with Crippen molar-refractivity contribution >= 4 is 11.9 Å². The first-order valence-corrected chi connectivity index (χ1v) is 10.2. The second-order valence-electron chi connectivity index (χ2n) is 7.64. The molecule has 13 heteroatoms. The topological polar surface area (TPSA) is 125 Å². The first-order valence-electron chi connectivity index (χ1n) is 10.2. The molecular formula is C21H24F4N4O5. The van der Waals surface area contributed by atoms with E-state index in [1.54, 1.807) is 19.2 Å². The molecule has 1 amide bonds. The van der Waals surface area contributed by atoms with Crippen LogP contribution in [0.1, 0.15) is 47.2 Å². The van der Waals surface area contributed by atoms with Crippen LogP contribution < -0.4 is 10.9 Å². The van der Waals surface area contributed by atoms with Crippen LogP contribution in [0.15, 0.2) is 29.1 Å². The molecule has 1 atom stereocenters. The molecule has 1 aromatic carbocycles. The number of halogens is 4. The number of hydrogen-bond donors (Lipinski definition) is 3. The summed E-state index contributed by atoms with van der Waals surface area (Å²) in [6.07, 6.45) is -2.17. The zero-order chi connectivity index (χ0) is 25.6. The molecule has 9 nitrogen and oxygen atoms in total. The lowest BCUT2D eigenvalue weighted by atomic mass is 10.0. The van der Waals surface area contributed by atoms with Crippen LogP contribution >= 0.6 is 0 Å². The summed E-state index contributed by atoms with van der Waals surface area (Å²) in [5.74, 6) is -3.97. The second kappa shape index (κ2) is 11.1. The molecule has 0 spiro atoms. The van der Waals surface area contributed by atoms with Crippen LogP contribution in [0.25, 0.3) is 0 Å². The Hall–Kier alpha value is -3.48. The molecule has 0 aliphatic carbocycles. The Balaban J connectivity index is 0.000000509. The van der Waals surface area contributed by atoms with Gasteiger partial charge < -0.3 is 15.5 Å².